The van der Waals surface area contributed by atoms with Gasteiger partial charge in [-0.2, -0.15) is 4.98 Å². The van der Waals surface area contributed by atoms with Crippen molar-refractivity contribution in [1.29, 1.82) is 0 Å². The van der Waals surface area contributed by atoms with Crippen LogP contribution in [0.4, 0.5) is 10.7 Å². The molecule has 2 aliphatic rings. The van der Waals surface area contributed by atoms with Crippen LogP contribution in [0, 0.1) is 0 Å². The Labute approximate surface area is 168 Å². The van der Waals surface area contributed by atoms with Gasteiger partial charge in [-0.25, -0.2) is 9.31 Å². The van der Waals surface area contributed by atoms with Crippen LogP contribution >= 0.6 is 0 Å². The van der Waals surface area contributed by atoms with Crippen LogP contribution in [0.25, 0.3) is 16.9 Å². The Hall–Kier alpha value is -2.97. The highest BCUT2D eigenvalue weighted by atomic mass is 16.4. The number of aromatic nitrogens is 3. The van der Waals surface area contributed by atoms with Crippen LogP contribution in [0.5, 0.6) is 0 Å². The van der Waals surface area contributed by atoms with E-state index in [9.17, 15) is 9.90 Å². The number of amides is 1. The van der Waals surface area contributed by atoms with Gasteiger partial charge in [0.15, 0.2) is 5.65 Å². The smallest absolute Gasteiger partial charge is 0.411 e. The van der Waals surface area contributed by atoms with E-state index in [1.165, 1.54) is 24.8 Å². The molecule has 1 saturated heterocycles. The lowest BCUT2D eigenvalue weighted by molar-refractivity contribution is 0.175. The lowest BCUT2D eigenvalue weighted by atomic mass is 10.1. The summed E-state index contributed by atoms with van der Waals surface area (Å²) in [4.78, 5) is 17.2. The lowest BCUT2D eigenvalue weighted by Gasteiger charge is -2.15. The first-order chi connectivity index (χ1) is 14.1. The van der Waals surface area contributed by atoms with Crippen molar-refractivity contribution in [2.24, 2.45) is 0 Å². The van der Waals surface area contributed by atoms with E-state index in [1.54, 1.807) is 10.6 Å². The molecule has 1 saturated carbocycles. The number of benzene rings is 1. The molecule has 152 valence electrons. The number of rotatable bonds is 4. The summed E-state index contributed by atoms with van der Waals surface area (Å²) in [5.74, 6) is 0.0501. The molecular formula is C21H25N5O3. The summed E-state index contributed by atoms with van der Waals surface area (Å²) in [6, 6.07) is 13.7. The normalized spacial score (nSPS) is 18.3. The minimum Gasteiger partial charge on any atom is -0.465 e. The molecule has 3 aromatic rings. The maximum Gasteiger partial charge on any atom is 0.411 e. The van der Waals surface area contributed by atoms with Crippen LogP contribution in [-0.4, -0.2) is 55.0 Å². The summed E-state index contributed by atoms with van der Waals surface area (Å²) in [5, 5.41) is 24.8. The van der Waals surface area contributed by atoms with E-state index >= 15 is 0 Å². The molecule has 1 aliphatic heterocycles. The number of aliphatic hydroxyl groups is 1. The van der Waals surface area contributed by atoms with Gasteiger partial charge in [-0.05, 0) is 24.1 Å². The Morgan fingerprint density at radius 2 is 1.90 bits per heavy atom. The molecule has 0 bridgehead atoms. The van der Waals surface area contributed by atoms with Gasteiger partial charge in [0.05, 0.1) is 11.8 Å². The van der Waals surface area contributed by atoms with Gasteiger partial charge in [0, 0.05) is 25.2 Å². The van der Waals surface area contributed by atoms with Gasteiger partial charge >= 0.3 is 6.09 Å². The average Bonchev–Trinajstić information content (AvgIpc) is 3.44. The maximum absolute atomic E-state index is 10.8. The fraction of sp³-hybridized carbons (Fsp3) is 0.381. The Morgan fingerprint density at radius 3 is 2.52 bits per heavy atom. The zero-order chi connectivity index (χ0) is 20.2. The van der Waals surface area contributed by atoms with E-state index in [4.69, 9.17) is 5.11 Å². The highest BCUT2D eigenvalue weighted by Gasteiger charge is 2.20. The fourth-order valence-corrected chi connectivity index (χ4v) is 3.27. The molecule has 2 aromatic heterocycles. The summed E-state index contributed by atoms with van der Waals surface area (Å²) in [7, 11) is 0. The number of nitrogens with zero attached hydrogens (tertiary/aromatic N) is 4. The van der Waals surface area contributed by atoms with Gasteiger partial charge in [-0.1, -0.05) is 49.6 Å². The van der Waals surface area contributed by atoms with Crippen molar-refractivity contribution in [3.05, 3.63) is 48.0 Å². The summed E-state index contributed by atoms with van der Waals surface area (Å²) in [6.07, 6.45) is 3.92. The van der Waals surface area contributed by atoms with E-state index in [-0.39, 0.29) is 12.1 Å². The molecular weight excluding hydrogens is 370 g/mol. The van der Waals surface area contributed by atoms with E-state index in [0.29, 0.717) is 5.65 Å². The van der Waals surface area contributed by atoms with Crippen molar-refractivity contribution in [3.8, 4) is 11.3 Å². The molecule has 1 aromatic carbocycles. The van der Waals surface area contributed by atoms with E-state index in [0.717, 1.165) is 37.3 Å². The molecule has 2 fully saturated rings. The molecule has 3 heterocycles. The molecule has 0 spiro atoms. The first-order valence-corrected chi connectivity index (χ1v) is 9.94. The number of pyridine rings is 1. The molecule has 1 amide bonds. The number of hydrogen-bond acceptors (Lipinski definition) is 5. The van der Waals surface area contributed by atoms with E-state index in [1.807, 2.05) is 24.3 Å². The van der Waals surface area contributed by atoms with Gasteiger partial charge in [0.1, 0.15) is 0 Å². The number of hydrogen-bond donors (Lipinski definition) is 3. The molecule has 29 heavy (non-hydrogen) atoms. The quantitative estimate of drug-likeness (QED) is 0.627. The number of carbonyl (C=O) groups is 1. The van der Waals surface area contributed by atoms with E-state index in [2.05, 4.69) is 32.4 Å². The minimum atomic E-state index is -1.20. The molecule has 1 atom stereocenters. The predicted octanol–water partition coefficient (Wildman–Crippen LogP) is 3.22. The zero-order valence-electron chi connectivity index (χ0n) is 16.2. The van der Waals surface area contributed by atoms with Crippen LogP contribution in [0.3, 0.4) is 0 Å². The third-order valence-corrected chi connectivity index (χ3v) is 4.84. The summed E-state index contributed by atoms with van der Waals surface area (Å²) < 4.78 is 1.62. The number of aliphatic hydroxyl groups excluding tert-OH is 1. The second kappa shape index (κ2) is 8.59. The van der Waals surface area contributed by atoms with Gasteiger partial charge in [-0.3, -0.25) is 10.2 Å². The van der Waals surface area contributed by atoms with E-state index < -0.39 is 6.09 Å². The Balaban J connectivity index is 0.000000626. The largest absolute Gasteiger partial charge is 0.465 e. The molecule has 1 aliphatic carbocycles. The van der Waals surface area contributed by atoms with Crippen molar-refractivity contribution in [2.45, 2.75) is 38.3 Å². The third kappa shape index (κ3) is 5.10. The standard InChI is InChI=1S/C18H19N5O3.C3H6/c24-14-8-9-22(11-14)10-12-4-6-13(7-5-12)15-2-1-3-16-19-17(20-18(25)26)21-23(15)16;1-2-3-1/h1-7,14,24H,8-11H2,(H,20,21)(H,25,26);1-3H2/t14-;/m1./s1. The average molecular weight is 395 g/mol. The minimum absolute atomic E-state index is 0.0501. The molecule has 0 radical (unpaired) electrons. The first kappa shape index (κ1) is 19.4. The highest BCUT2D eigenvalue weighted by Crippen LogP contribution is 2.22. The Kier molecular flexibility index (Phi) is 5.73. The fourth-order valence-electron chi connectivity index (χ4n) is 3.27. The second-order valence-electron chi connectivity index (χ2n) is 7.48. The number of β-amino-alcohol motifs (C(OH)–C–C–N with tert-alkyl or cyclic N) is 1. The predicted molar refractivity (Wildman–Crippen MR) is 110 cm³/mol. The van der Waals surface area contributed by atoms with Gasteiger partial charge in [0.2, 0.25) is 0 Å². The molecule has 8 heteroatoms. The highest BCUT2D eigenvalue weighted by molar-refractivity contribution is 5.80. The van der Waals surface area contributed by atoms with Gasteiger partial charge in [0.25, 0.3) is 5.95 Å². The SMILES string of the molecule is C1CC1.O=C(O)Nc1nc2cccc(-c3ccc(CN4CC[C@@H](O)C4)cc3)n2n1. The molecule has 3 N–H and O–H groups in total. The van der Waals surface area contributed by atoms with Crippen LogP contribution in [-0.2, 0) is 6.54 Å². The van der Waals surface area contributed by atoms with Crippen molar-refractivity contribution in [1.82, 2.24) is 19.5 Å². The van der Waals surface area contributed by atoms with Crippen molar-refractivity contribution in [2.75, 3.05) is 18.4 Å². The number of anilines is 1. The second-order valence-corrected chi connectivity index (χ2v) is 7.48. The van der Waals surface area contributed by atoms with Crippen LogP contribution < -0.4 is 5.32 Å². The van der Waals surface area contributed by atoms with Gasteiger partial charge in [-0.15, -0.1) is 5.10 Å². The summed E-state index contributed by atoms with van der Waals surface area (Å²) in [5.41, 5.74) is 3.55. The first-order valence-electron chi connectivity index (χ1n) is 9.94. The Bertz CT molecular complexity index is 981. The topological polar surface area (TPSA) is 103 Å². The third-order valence-electron chi connectivity index (χ3n) is 4.84. The molecule has 5 rings (SSSR count). The number of carboxylic acid groups (broad SMARTS) is 1. The Morgan fingerprint density at radius 1 is 1.14 bits per heavy atom. The van der Waals surface area contributed by atoms with Gasteiger partial charge < -0.3 is 10.2 Å². The number of likely N-dealkylation sites (tertiary alicyclic amines) is 1. The lowest BCUT2D eigenvalue weighted by Crippen LogP contribution is -2.21. The van der Waals surface area contributed by atoms with Crippen molar-refractivity contribution >= 4 is 17.7 Å². The van der Waals surface area contributed by atoms with Crippen LogP contribution in [0.2, 0.25) is 0 Å². The monoisotopic (exact) mass is 395 g/mol. The molecule has 8 nitrogen and oxygen atoms in total. The number of fused-ring (bicyclic) bond motifs is 1. The number of nitrogens with one attached hydrogen (secondary N) is 1. The van der Waals surface area contributed by atoms with Crippen LogP contribution in [0.1, 0.15) is 31.2 Å². The zero-order valence-corrected chi connectivity index (χ0v) is 16.2. The molecule has 0 unspecified atom stereocenters. The summed E-state index contributed by atoms with van der Waals surface area (Å²) in [6.45, 7) is 2.46. The van der Waals surface area contributed by atoms with Crippen molar-refractivity contribution in [3.63, 3.8) is 0 Å². The maximum atomic E-state index is 10.8. The van der Waals surface area contributed by atoms with Crippen LogP contribution in [0.15, 0.2) is 42.5 Å². The summed E-state index contributed by atoms with van der Waals surface area (Å²) >= 11 is 0. The van der Waals surface area contributed by atoms with Crippen molar-refractivity contribution < 1.29 is 15.0 Å².